The predicted molar refractivity (Wildman–Crippen MR) is 152 cm³/mol. The molecule has 0 radical (unpaired) electrons. The minimum absolute atomic E-state index is 0.0412. The molecule has 198 valence electrons. The fraction of sp³-hybridized carbons (Fsp3) is 0.484. The fourth-order valence-electron chi connectivity index (χ4n) is 5.42. The van der Waals surface area contributed by atoms with Gasteiger partial charge in [-0.05, 0) is 80.4 Å². The van der Waals surface area contributed by atoms with Crippen molar-refractivity contribution >= 4 is 11.6 Å². The summed E-state index contributed by atoms with van der Waals surface area (Å²) < 4.78 is 5.56. The first-order valence-electron chi connectivity index (χ1n) is 13.7. The number of aliphatic hydroxyl groups is 1. The summed E-state index contributed by atoms with van der Waals surface area (Å²) in [6.07, 6.45) is 7.99. The van der Waals surface area contributed by atoms with Crippen LogP contribution in [0.3, 0.4) is 0 Å². The van der Waals surface area contributed by atoms with Crippen molar-refractivity contribution in [2.45, 2.75) is 72.8 Å². The second kappa shape index (κ2) is 12.3. The lowest BCUT2D eigenvalue weighted by atomic mass is 9.73. The summed E-state index contributed by atoms with van der Waals surface area (Å²) in [6.45, 7) is 11.6. The molecule has 37 heavy (non-hydrogen) atoms. The summed E-state index contributed by atoms with van der Waals surface area (Å²) in [5, 5.41) is 15.7. The highest BCUT2D eigenvalue weighted by Crippen LogP contribution is 2.42. The quantitative estimate of drug-likeness (QED) is 0.271. The van der Waals surface area contributed by atoms with Crippen LogP contribution in [0.5, 0.6) is 0 Å². The summed E-state index contributed by atoms with van der Waals surface area (Å²) in [5.74, 6) is 2.20. The van der Waals surface area contributed by atoms with Gasteiger partial charge in [0.25, 0.3) is 5.89 Å². The van der Waals surface area contributed by atoms with Crippen LogP contribution < -0.4 is 0 Å². The molecule has 4 rings (SSSR count). The van der Waals surface area contributed by atoms with E-state index < -0.39 is 0 Å². The van der Waals surface area contributed by atoms with E-state index >= 15 is 0 Å². The van der Waals surface area contributed by atoms with E-state index in [1.807, 2.05) is 24.3 Å². The van der Waals surface area contributed by atoms with Crippen LogP contribution in [0.2, 0.25) is 5.02 Å². The zero-order chi connectivity index (χ0) is 26.4. The number of likely N-dealkylation sites (tertiary alicyclic amines) is 1. The molecule has 1 fully saturated rings. The number of benzene rings is 2. The minimum atomic E-state index is -0.0412. The lowest BCUT2D eigenvalue weighted by molar-refractivity contribution is 0.0804. The number of rotatable bonds is 10. The van der Waals surface area contributed by atoms with Crippen molar-refractivity contribution in [2.75, 3.05) is 13.1 Å². The van der Waals surface area contributed by atoms with Crippen LogP contribution in [0.1, 0.15) is 70.9 Å². The molecule has 0 amide bonds. The summed E-state index contributed by atoms with van der Waals surface area (Å²) in [4.78, 5) is 7.10. The molecular formula is C31H40ClN3O2. The Labute approximate surface area is 226 Å². The monoisotopic (exact) mass is 521 g/mol. The van der Waals surface area contributed by atoms with Gasteiger partial charge >= 0.3 is 0 Å². The molecule has 0 spiro atoms. The molecule has 1 N–H and O–H groups in total. The number of allylic oxidation sites excluding steroid dienone is 2. The minimum Gasteiger partial charge on any atom is -0.512 e. The van der Waals surface area contributed by atoms with Gasteiger partial charge in [-0.15, -0.1) is 0 Å². The van der Waals surface area contributed by atoms with E-state index in [9.17, 15) is 5.11 Å². The Morgan fingerprint density at radius 1 is 1.11 bits per heavy atom. The average Bonchev–Trinajstić information content (AvgIpc) is 3.37. The first-order chi connectivity index (χ1) is 17.8. The second-order valence-electron chi connectivity index (χ2n) is 10.8. The Kier molecular flexibility index (Phi) is 9.09. The van der Waals surface area contributed by atoms with Gasteiger partial charge in [0.15, 0.2) is 0 Å². The highest BCUT2D eigenvalue weighted by molar-refractivity contribution is 6.31. The highest BCUT2D eigenvalue weighted by atomic mass is 35.5. The zero-order valence-corrected chi connectivity index (χ0v) is 23.4. The van der Waals surface area contributed by atoms with Crippen LogP contribution in [-0.4, -0.2) is 33.2 Å². The number of nitrogens with zero attached hydrogens (tertiary/aromatic N) is 3. The van der Waals surface area contributed by atoms with E-state index in [0.29, 0.717) is 23.4 Å². The van der Waals surface area contributed by atoms with Gasteiger partial charge in [-0.2, -0.15) is 4.98 Å². The van der Waals surface area contributed by atoms with Crippen LogP contribution in [-0.2, 0) is 13.0 Å². The number of aliphatic hydroxyl groups excluding tert-OH is 1. The molecule has 0 saturated carbocycles. The van der Waals surface area contributed by atoms with E-state index in [2.05, 4.69) is 67.0 Å². The first kappa shape index (κ1) is 27.4. The molecule has 2 aromatic carbocycles. The number of hydrogen-bond donors (Lipinski definition) is 1. The normalized spacial score (nSPS) is 16.4. The Morgan fingerprint density at radius 3 is 2.43 bits per heavy atom. The van der Waals surface area contributed by atoms with E-state index in [1.54, 1.807) is 0 Å². The molecule has 3 aromatic rings. The van der Waals surface area contributed by atoms with Gasteiger partial charge in [0.05, 0.1) is 5.76 Å². The molecule has 6 heteroatoms. The molecule has 1 aliphatic rings. The Bertz CT molecular complexity index is 1190. The molecule has 0 bridgehead atoms. The first-order valence-corrected chi connectivity index (χ1v) is 14.0. The van der Waals surface area contributed by atoms with Crippen LogP contribution in [0, 0.1) is 11.3 Å². The van der Waals surface area contributed by atoms with Gasteiger partial charge in [0.2, 0.25) is 5.82 Å². The molecule has 1 aromatic heterocycles. The molecule has 2 heterocycles. The third-order valence-electron chi connectivity index (χ3n) is 7.46. The van der Waals surface area contributed by atoms with Crippen molar-refractivity contribution in [1.29, 1.82) is 0 Å². The van der Waals surface area contributed by atoms with Crippen LogP contribution >= 0.6 is 11.6 Å². The Balaban J connectivity index is 1.38. The van der Waals surface area contributed by atoms with E-state index in [1.165, 1.54) is 5.56 Å². The van der Waals surface area contributed by atoms with E-state index in [-0.39, 0.29) is 5.41 Å². The third-order valence-corrected chi connectivity index (χ3v) is 7.81. The van der Waals surface area contributed by atoms with Gasteiger partial charge in [0, 0.05) is 28.1 Å². The molecule has 1 aliphatic heterocycles. The molecule has 0 atom stereocenters. The topological polar surface area (TPSA) is 62.4 Å². The summed E-state index contributed by atoms with van der Waals surface area (Å²) in [7, 11) is 0. The Hall–Kier alpha value is -2.63. The third kappa shape index (κ3) is 6.63. The van der Waals surface area contributed by atoms with Gasteiger partial charge in [-0.1, -0.05) is 81.2 Å². The highest BCUT2D eigenvalue weighted by Gasteiger charge is 2.37. The number of piperidine rings is 1. The maximum absolute atomic E-state index is 10.7. The fourth-order valence-corrected chi connectivity index (χ4v) is 5.68. The standard InChI is InChI=1S/C31H40ClN3O2/c1-5-7-28(36)31(14-6-2)15-17-35(18-16-31)21-23-8-10-24(11-9-23)29-33-30(37-34-29)26-13-12-25(19-22(3)4)27(32)20-26/h7-13,20,22,36H,5-6,14-19,21H2,1-4H3/b28-7+. The van der Waals surface area contributed by atoms with Crippen LogP contribution in [0.4, 0.5) is 0 Å². The van der Waals surface area contributed by atoms with Gasteiger partial charge in [-0.3, -0.25) is 4.90 Å². The lowest BCUT2D eigenvalue weighted by Gasteiger charge is -2.41. The summed E-state index contributed by atoms with van der Waals surface area (Å²) in [6, 6.07) is 14.4. The van der Waals surface area contributed by atoms with E-state index in [0.717, 1.165) is 79.9 Å². The van der Waals surface area contributed by atoms with E-state index in [4.69, 9.17) is 16.1 Å². The van der Waals surface area contributed by atoms with Crippen molar-refractivity contribution in [2.24, 2.45) is 11.3 Å². The van der Waals surface area contributed by atoms with Crippen LogP contribution in [0.15, 0.2) is 58.8 Å². The van der Waals surface area contributed by atoms with Crippen molar-refractivity contribution in [3.63, 3.8) is 0 Å². The molecule has 0 unspecified atom stereocenters. The number of aromatic nitrogens is 2. The predicted octanol–water partition coefficient (Wildman–Crippen LogP) is 8.49. The lowest BCUT2D eigenvalue weighted by Crippen LogP contribution is -2.40. The molecule has 0 aliphatic carbocycles. The average molecular weight is 522 g/mol. The second-order valence-corrected chi connectivity index (χ2v) is 11.2. The summed E-state index contributed by atoms with van der Waals surface area (Å²) >= 11 is 6.50. The number of hydrogen-bond acceptors (Lipinski definition) is 5. The molecular weight excluding hydrogens is 482 g/mol. The number of halogens is 1. The van der Waals surface area contributed by atoms with Crippen molar-refractivity contribution in [3.8, 4) is 22.8 Å². The maximum atomic E-state index is 10.7. The van der Waals surface area contributed by atoms with Gasteiger partial charge in [0.1, 0.15) is 0 Å². The molecule has 1 saturated heterocycles. The maximum Gasteiger partial charge on any atom is 0.258 e. The largest absolute Gasteiger partial charge is 0.512 e. The SMILES string of the molecule is CC/C=C(/O)C1(CCC)CCN(Cc2ccc(-c3noc(-c4ccc(CC(C)C)c(Cl)c4)n3)cc2)CC1. The smallest absolute Gasteiger partial charge is 0.258 e. The molecule has 5 nitrogen and oxygen atoms in total. The van der Waals surface area contributed by atoms with Crippen molar-refractivity contribution in [1.82, 2.24) is 15.0 Å². The van der Waals surface area contributed by atoms with Crippen molar-refractivity contribution in [3.05, 3.63) is 70.4 Å². The van der Waals surface area contributed by atoms with Crippen molar-refractivity contribution < 1.29 is 9.63 Å². The van der Waals surface area contributed by atoms with Gasteiger partial charge < -0.3 is 9.63 Å². The van der Waals surface area contributed by atoms with Gasteiger partial charge in [-0.25, -0.2) is 0 Å². The Morgan fingerprint density at radius 2 is 1.81 bits per heavy atom. The zero-order valence-electron chi connectivity index (χ0n) is 22.6. The summed E-state index contributed by atoms with van der Waals surface area (Å²) in [5.41, 5.74) is 4.11. The van der Waals surface area contributed by atoms with Crippen LogP contribution in [0.25, 0.3) is 22.8 Å².